The predicted octanol–water partition coefficient (Wildman–Crippen LogP) is 3.74. The van der Waals surface area contributed by atoms with Crippen molar-refractivity contribution >= 4 is 23.1 Å². The molecule has 0 aliphatic carbocycles. The molecule has 5 rings (SSSR count). The van der Waals surface area contributed by atoms with Crippen molar-refractivity contribution in [2.75, 3.05) is 10.2 Å². The molecule has 0 spiro atoms. The molecule has 0 bridgehead atoms. The standard InChI is InChI=1S/C23H23N7O.H2/c1-15-6-8-17(13-19(15)21-26-14-18-5-3-12-29(18)28-21)27-22(31)20-9-7-16(2)30(20)23-24-10-4-11-25-23;/h3-6,8,10-14,16,20H,7,9H2,1-2H3,(H,27,31);1H/t16-,20-;/m0./s1. The van der Waals surface area contributed by atoms with Crippen LogP contribution in [-0.4, -0.2) is 42.6 Å². The lowest BCUT2D eigenvalue weighted by Gasteiger charge is -2.27. The number of nitrogens with zero attached hydrogens (tertiary/aromatic N) is 6. The van der Waals surface area contributed by atoms with E-state index in [4.69, 9.17) is 0 Å². The summed E-state index contributed by atoms with van der Waals surface area (Å²) in [6.07, 6.45) is 8.78. The number of rotatable bonds is 4. The zero-order valence-electron chi connectivity index (χ0n) is 17.4. The Morgan fingerprint density at radius 3 is 2.81 bits per heavy atom. The second-order valence-corrected chi connectivity index (χ2v) is 7.88. The zero-order valence-corrected chi connectivity index (χ0v) is 17.4. The van der Waals surface area contributed by atoms with Gasteiger partial charge in [0.25, 0.3) is 0 Å². The Morgan fingerprint density at radius 2 is 1.97 bits per heavy atom. The molecule has 8 nitrogen and oxygen atoms in total. The van der Waals surface area contributed by atoms with E-state index in [1.807, 2.05) is 48.4 Å². The summed E-state index contributed by atoms with van der Waals surface area (Å²) in [5.74, 6) is 1.14. The van der Waals surface area contributed by atoms with Crippen molar-refractivity contribution < 1.29 is 6.22 Å². The first-order chi connectivity index (χ1) is 15.1. The van der Waals surface area contributed by atoms with Crippen molar-refractivity contribution in [1.82, 2.24) is 24.6 Å². The highest BCUT2D eigenvalue weighted by atomic mass is 16.2. The lowest BCUT2D eigenvalue weighted by molar-refractivity contribution is -0.117. The highest BCUT2D eigenvalue weighted by Crippen LogP contribution is 2.29. The van der Waals surface area contributed by atoms with Crippen molar-refractivity contribution in [2.24, 2.45) is 0 Å². The van der Waals surface area contributed by atoms with Crippen LogP contribution in [0.15, 0.2) is 61.2 Å². The lowest BCUT2D eigenvalue weighted by Crippen LogP contribution is -2.43. The summed E-state index contributed by atoms with van der Waals surface area (Å²) < 4.78 is 1.80. The van der Waals surface area contributed by atoms with Gasteiger partial charge < -0.3 is 10.2 Å². The molecule has 2 atom stereocenters. The average Bonchev–Trinajstić information content (AvgIpc) is 3.41. The molecular weight excluding hydrogens is 390 g/mol. The summed E-state index contributed by atoms with van der Waals surface area (Å²) in [5, 5.41) is 7.67. The second kappa shape index (κ2) is 7.79. The van der Waals surface area contributed by atoms with Gasteiger partial charge in [-0.3, -0.25) is 4.79 Å². The molecule has 1 fully saturated rings. The minimum absolute atomic E-state index is 0. The molecule has 0 saturated carbocycles. The van der Waals surface area contributed by atoms with E-state index in [2.05, 4.69) is 32.3 Å². The van der Waals surface area contributed by atoms with Gasteiger partial charge in [-0.2, -0.15) is 0 Å². The Hall–Kier alpha value is -3.81. The molecule has 1 N–H and O–H groups in total. The highest BCUT2D eigenvalue weighted by Gasteiger charge is 2.37. The van der Waals surface area contributed by atoms with Crippen LogP contribution in [0.1, 0.15) is 26.8 Å². The van der Waals surface area contributed by atoms with Gasteiger partial charge in [0.1, 0.15) is 6.04 Å². The summed E-state index contributed by atoms with van der Waals surface area (Å²) in [7, 11) is 0. The molecule has 8 heteroatoms. The molecular formula is C23H25N7O. The summed E-state index contributed by atoms with van der Waals surface area (Å²) >= 11 is 0. The molecule has 1 aliphatic rings. The highest BCUT2D eigenvalue weighted by molar-refractivity contribution is 5.97. The van der Waals surface area contributed by atoms with Crippen LogP contribution in [0, 0.1) is 6.92 Å². The van der Waals surface area contributed by atoms with E-state index in [-0.39, 0.29) is 19.4 Å². The maximum atomic E-state index is 13.2. The SMILES string of the molecule is Cc1ccc(NC(=O)[C@@H]2CC[C@H](C)N2c2ncccn2)cc1-c1ncc2cccn2n1.[HH]. The van der Waals surface area contributed by atoms with E-state index < -0.39 is 0 Å². The summed E-state index contributed by atoms with van der Waals surface area (Å²) in [6.45, 7) is 4.11. The minimum Gasteiger partial charge on any atom is -0.326 e. The summed E-state index contributed by atoms with van der Waals surface area (Å²) in [4.78, 5) is 28.4. The Bertz CT molecular complexity index is 1240. The van der Waals surface area contributed by atoms with Crippen LogP contribution in [0.4, 0.5) is 11.6 Å². The topological polar surface area (TPSA) is 88.3 Å². The van der Waals surface area contributed by atoms with Crippen LogP contribution >= 0.6 is 0 Å². The van der Waals surface area contributed by atoms with Gasteiger partial charge in [-0.1, -0.05) is 6.07 Å². The zero-order chi connectivity index (χ0) is 21.4. The molecule has 0 unspecified atom stereocenters. The molecule has 1 aliphatic heterocycles. The number of anilines is 2. The predicted molar refractivity (Wildman–Crippen MR) is 121 cm³/mol. The van der Waals surface area contributed by atoms with Crippen molar-refractivity contribution in [1.29, 1.82) is 0 Å². The molecule has 4 heterocycles. The normalized spacial score (nSPS) is 18.5. The van der Waals surface area contributed by atoms with Crippen molar-refractivity contribution in [3.8, 4) is 11.4 Å². The van der Waals surface area contributed by atoms with Gasteiger partial charge in [0.05, 0.1) is 11.7 Å². The van der Waals surface area contributed by atoms with Gasteiger partial charge in [-0.15, -0.1) is 5.10 Å². The summed E-state index contributed by atoms with van der Waals surface area (Å²) in [5.41, 5.74) is 3.58. The number of carbonyl (C=O) groups is 1. The number of hydrogen-bond acceptors (Lipinski definition) is 6. The Balaban J connectivity index is 0.00000245. The molecule has 1 aromatic carbocycles. The average molecular weight is 416 g/mol. The van der Waals surface area contributed by atoms with E-state index in [1.54, 1.807) is 29.2 Å². The second-order valence-electron chi connectivity index (χ2n) is 7.88. The molecule has 1 amide bonds. The maximum absolute atomic E-state index is 13.2. The van der Waals surface area contributed by atoms with Crippen LogP contribution in [-0.2, 0) is 4.79 Å². The first-order valence-corrected chi connectivity index (χ1v) is 10.4. The van der Waals surface area contributed by atoms with Gasteiger partial charge in [0, 0.05) is 37.3 Å². The quantitative estimate of drug-likeness (QED) is 0.546. The van der Waals surface area contributed by atoms with E-state index in [1.165, 1.54) is 0 Å². The number of carbonyl (C=O) groups excluding carboxylic acids is 1. The molecule has 4 aromatic rings. The minimum atomic E-state index is -0.311. The third-order valence-electron chi connectivity index (χ3n) is 5.78. The molecule has 3 aromatic heterocycles. The number of hydrogen-bond donors (Lipinski definition) is 1. The van der Waals surface area contributed by atoms with Crippen molar-refractivity contribution in [2.45, 2.75) is 38.8 Å². The van der Waals surface area contributed by atoms with Crippen LogP contribution in [0.5, 0.6) is 0 Å². The first kappa shape index (κ1) is 19.2. The van der Waals surface area contributed by atoms with E-state index in [0.717, 1.165) is 35.2 Å². The van der Waals surface area contributed by atoms with Gasteiger partial charge in [-0.05, 0) is 62.6 Å². The van der Waals surface area contributed by atoms with Gasteiger partial charge in [0.2, 0.25) is 11.9 Å². The Kier molecular flexibility index (Phi) is 4.82. The van der Waals surface area contributed by atoms with Crippen molar-refractivity contribution in [3.05, 3.63) is 66.7 Å². The molecule has 1 saturated heterocycles. The van der Waals surface area contributed by atoms with Crippen molar-refractivity contribution in [3.63, 3.8) is 0 Å². The number of amides is 1. The van der Waals surface area contributed by atoms with E-state index in [9.17, 15) is 4.79 Å². The third kappa shape index (κ3) is 3.61. The number of aromatic nitrogens is 5. The molecule has 158 valence electrons. The third-order valence-corrected chi connectivity index (χ3v) is 5.78. The van der Waals surface area contributed by atoms with E-state index in [0.29, 0.717) is 11.8 Å². The Labute approximate surface area is 181 Å². The van der Waals surface area contributed by atoms with Crippen LogP contribution in [0.2, 0.25) is 0 Å². The van der Waals surface area contributed by atoms with Crippen LogP contribution in [0.25, 0.3) is 16.9 Å². The fraction of sp³-hybridized carbons (Fsp3) is 0.261. The van der Waals surface area contributed by atoms with Gasteiger partial charge >= 0.3 is 0 Å². The van der Waals surface area contributed by atoms with E-state index >= 15 is 0 Å². The molecule has 0 radical (unpaired) electrons. The number of aryl methyl sites for hydroxylation is 1. The Morgan fingerprint density at radius 1 is 1.13 bits per heavy atom. The van der Waals surface area contributed by atoms with Crippen LogP contribution < -0.4 is 10.2 Å². The largest absolute Gasteiger partial charge is 0.326 e. The summed E-state index contributed by atoms with van der Waals surface area (Å²) in [6, 6.07) is 11.4. The maximum Gasteiger partial charge on any atom is 0.247 e. The smallest absolute Gasteiger partial charge is 0.247 e. The van der Waals surface area contributed by atoms with Gasteiger partial charge in [0.15, 0.2) is 5.82 Å². The first-order valence-electron chi connectivity index (χ1n) is 10.4. The lowest BCUT2D eigenvalue weighted by atomic mass is 10.1. The van der Waals surface area contributed by atoms with Gasteiger partial charge in [-0.25, -0.2) is 19.5 Å². The number of fused-ring (bicyclic) bond motifs is 1. The fourth-order valence-electron chi connectivity index (χ4n) is 4.13. The monoisotopic (exact) mass is 415 g/mol. The number of nitrogens with one attached hydrogen (secondary N) is 1. The molecule has 31 heavy (non-hydrogen) atoms. The van der Waals surface area contributed by atoms with Crippen LogP contribution in [0.3, 0.4) is 0 Å². The fourth-order valence-corrected chi connectivity index (χ4v) is 4.13. The number of benzene rings is 1.